The van der Waals surface area contributed by atoms with Crippen molar-refractivity contribution < 1.29 is 21.2 Å². The average molecular weight is 219 g/mol. The topological polar surface area (TPSA) is 29.5 Å². The fourth-order valence-electron chi connectivity index (χ4n) is 0.697. The molecular formula is C6H12F3NO2S. The molecule has 0 radical (unpaired) electrons. The van der Waals surface area contributed by atoms with Crippen molar-refractivity contribution in [2.45, 2.75) is 6.92 Å². The Hall–Kier alpha value is -0.270. The molecule has 0 saturated carbocycles. The first kappa shape index (κ1) is 12.7. The summed E-state index contributed by atoms with van der Waals surface area (Å²) in [5, 5.41) is 0. The molecule has 0 aliphatic carbocycles. The molecular weight excluding hydrogens is 207 g/mol. The third-order valence-electron chi connectivity index (χ3n) is 1.24. The van der Waals surface area contributed by atoms with Crippen LogP contribution in [0.4, 0.5) is 11.7 Å². The van der Waals surface area contributed by atoms with E-state index >= 15 is 0 Å². The van der Waals surface area contributed by atoms with Gasteiger partial charge in [-0.3, -0.25) is 4.79 Å². The van der Waals surface area contributed by atoms with Crippen LogP contribution in [0, 0.1) is 0 Å². The van der Waals surface area contributed by atoms with Gasteiger partial charge in [-0.25, -0.2) is 0 Å². The van der Waals surface area contributed by atoms with Gasteiger partial charge in [0.1, 0.15) is 5.78 Å². The van der Waals surface area contributed by atoms with Gasteiger partial charge in [0.2, 0.25) is 0 Å². The molecule has 0 spiro atoms. The van der Waals surface area contributed by atoms with E-state index < -0.39 is 23.7 Å². The lowest BCUT2D eigenvalue weighted by molar-refractivity contribution is -0.117. The van der Waals surface area contributed by atoms with E-state index in [9.17, 15) is 16.5 Å². The molecule has 0 bridgehead atoms. The summed E-state index contributed by atoms with van der Waals surface area (Å²) in [6.07, 6.45) is 0. The summed E-state index contributed by atoms with van der Waals surface area (Å²) >= 11 is -5.30. The van der Waals surface area contributed by atoms with E-state index in [1.54, 1.807) is 0 Å². The highest BCUT2D eigenvalue weighted by molar-refractivity contribution is 8.18. The highest BCUT2D eigenvalue weighted by atomic mass is 32.3. The molecule has 0 heterocycles. The van der Waals surface area contributed by atoms with E-state index in [2.05, 4.69) is 4.74 Å². The van der Waals surface area contributed by atoms with Crippen LogP contribution in [0.5, 0.6) is 0 Å². The number of hydrogen-bond donors (Lipinski definition) is 0. The van der Waals surface area contributed by atoms with Crippen LogP contribution in [-0.4, -0.2) is 36.9 Å². The first-order valence-electron chi connectivity index (χ1n) is 3.53. The maximum absolute atomic E-state index is 12.2. The summed E-state index contributed by atoms with van der Waals surface area (Å²) < 4.78 is 41.3. The highest BCUT2D eigenvalue weighted by Gasteiger charge is 2.31. The Labute approximate surface area is 77.2 Å². The first-order chi connectivity index (χ1) is 5.88. The number of nitrogens with zero attached hydrogens (tertiary/aromatic N) is 1. The largest absolute Gasteiger partial charge is 0.383 e. The van der Waals surface area contributed by atoms with Gasteiger partial charge in [-0.05, 0) is 6.92 Å². The number of carbonyl (C=O) groups excluding carboxylic acids is 1. The van der Waals surface area contributed by atoms with Gasteiger partial charge in [-0.1, -0.05) is 0 Å². The second-order valence-corrected chi connectivity index (χ2v) is 3.72. The molecule has 0 amide bonds. The highest BCUT2D eigenvalue weighted by Crippen LogP contribution is 2.56. The van der Waals surface area contributed by atoms with Crippen LogP contribution in [-0.2, 0) is 9.53 Å². The molecule has 0 unspecified atom stereocenters. The number of ketones is 1. The van der Waals surface area contributed by atoms with Crippen LogP contribution >= 0.6 is 11.4 Å². The van der Waals surface area contributed by atoms with E-state index in [1.807, 2.05) is 0 Å². The molecule has 0 aliphatic heterocycles. The van der Waals surface area contributed by atoms with Crippen LogP contribution in [0.1, 0.15) is 6.92 Å². The fourth-order valence-corrected chi connectivity index (χ4v) is 1.31. The van der Waals surface area contributed by atoms with Crippen LogP contribution in [0.3, 0.4) is 0 Å². The van der Waals surface area contributed by atoms with E-state index in [0.717, 1.165) is 6.92 Å². The molecule has 0 atom stereocenters. The van der Waals surface area contributed by atoms with E-state index in [0.29, 0.717) is 0 Å². The maximum Gasteiger partial charge on any atom is 0.278 e. The zero-order chi connectivity index (χ0) is 10.5. The second-order valence-electron chi connectivity index (χ2n) is 2.44. The third kappa shape index (κ3) is 5.89. The van der Waals surface area contributed by atoms with Gasteiger partial charge in [0, 0.05) is 13.7 Å². The van der Waals surface area contributed by atoms with E-state index in [4.69, 9.17) is 0 Å². The van der Waals surface area contributed by atoms with Crippen molar-refractivity contribution in [1.82, 2.24) is 4.31 Å². The average Bonchev–Trinajstić information content (AvgIpc) is 1.95. The third-order valence-corrected chi connectivity index (χ3v) is 2.13. The number of carbonyl (C=O) groups is 1. The SMILES string of the molecule is COCCN(CC(C)=O)S(F)(F)F. The van der Waals surface area contributed by atoms with Crippen molar-refractivity contribution in [3.63, 3.8) is 0 Å². The van der Waals surface area contributed by atoms with Crippen LogP contribution < -0.4 is 0 Å². The van der Waals surface area contributed by atoms with Crippen molar-refractivity contribution in [1.29, 1.82) is 0 Å². The minimum absolute atomic E-state index is 0.0280. The van der Waals surface area contributed by atoms with Crippen LogP contribution in [0.2, 0.25) is 0 Å². The maximum atomic E-state index is 12.2. The first-order valence-corrected chi connectivity index (χ1v) is 4.82. The predicted octanol–water partition coefficient (Wildman–Crippen LogP) is 1.90. The van der Waals surface area contributed by atoms with Gasteiger partial charge in [0.05, 0.1) is 13.2 Å². The summed E-state index contributed by atoms with van der Waals surface area (Å²) in [6, 6.07) is 0. The fraction of sp³-hybridized carbons (Fsp3) is 0.833. The van der Waals surface area contributed by atoms with Gasteiger partial charge in [0.15, 0.2) is 0 Å². The van der Waals surface area contributed by atoms with Crippen molar-refractivity contribution in [3.8, 4) is 0 Å². The minimum Gasteiger partial charge on any atom is -0.383 e. The van der Waals surface area contributed by atoms with Gasteiger partial charge in [0.25, 0.3) is 11.4 Å². The van der Waals surface area contributed by atoms with Gasteiger partial charge >= 0.3 is 0 Å². The van der Waals surface area contributed by atoms with Crippen molar-refractivity contribution in [2.75, 3.05) is 26.8 Å². The lowest BCUT2D eigenvalue weighted by Crippen LogP contribution is -2.29. The number of halogens is 3. The predicted molar refractivity (Wildman–Crippen MR) is 45.0 cm³/mol. The summed E-state index contributed by atoms with van der Waals surface area (Å²) in [5.41, 5.74) is 0. The molecule has 0 aromatic rings. The second kappa shape index (κ2) is 5.46. The van der Waals surface area contributed by atoms with Crippen molar-refractivity contribution in [3.05, 3.63) is 0 Å². The quantitative estimate of drug-likeness (QED) is 0.683. The Kier molecular flexibility index (Phi) is 5.34. The Morgan fingerprint density at radius 3 is 2.31 bits per heavy atom. The molecule has 0 saturated heterocycles. The molecule has 13 heavy (non-hydrogen) atoms. The number of rotatable bonds is 6. The number of methoxy groups -OCH3 is 1. The van der Waals surface area contributed by atoms with Crippen molar-refractivity contribution in [2.24, 2.45) is 0 Å². The Bertz CT molecular complexity index is 174. The van der Waals surface area contributed by atoms with Gasteiger partial charge in [-0.15, -0.1) is 11.7 Å². The number of ether oxygens (including phenoxy) is 1. The normalized spacial score (nSPS) is 13.4. The molecule has 0 aliphatic rings. The summed E-state index contributed by atoms with van der Waals surface area (Å²) in [5.74, 6) is -0.499. The molecule has 80 valence electrons. The van der Waals surface area contributed by atoms with Crippen LogP contribution in [0.15, 0.2) is 0 Å². The molecule has 0 fully saturated rings. The molecule has 0 aromatic heterocycles. The Balaban J connectivity index is 4.11. The smallest absolute Gasteiger partial charge is 0.278 e. The zero-order valence-electron chi connectivity index (χ0n) is 7.43. The summed E-state index contributed by atoms with van der Waals surface area (Å²) in [4.78, 5) is 10.5. The molecule has 3 nitrogen and oxygen atoms in total. The Morgan fingerprint density at radius 2 is 2.00 bits per heavy atom. The minimum atomic E-state index is -5.30. The lowest BCUT2D eigenvalue weighted by atomic mass is 10.4. The molecule has 0 rings (SSSR count). The molecule has 0 aromatic carbocycles. The van der Waals surface area contributed by atoms with Crippen molar-refractivity contribution >= 4 is 17.2 Å². The summed E-state index contributed by atoms with van der Waals surface area (Å²) in [6.45, 7) is 0.238. The van der Waals surface area contributed by atoms with Gasteiger partial charge in [-0.2, -0.15) is 4.31 Å². The van der Waals surface area contributed by atoms with E-state index in [-0.39, 0.29) is 17.5 Å². The molecule has 0 N–H and O–H groups in total. The standard InChI is InChI=1S/C6H12F3NO2S/c1-6(11)5-10(3-4-12-2)13(7,8)9/h3-5H2,1-2H3. The van der Waals surface area contributed by atoms with Crippen LogP contribution in [0.25, 0.3) is 0 Å². The lowest BCUT2D eigenvalue weighted by Gasteiger charge is -2.25. The van der Waals surface area contributed by atoms with Gasteiger partial charge < -0.3 is 4.74 Å². The summed E-state index contributed by atoms with van der Waals surface area (Å²) in [7, 11) is 1.32. The Morgan fingerprint density at radius 1 is 1.46 bits per heavy atom. The monoisotopic (exact) mass is 219 g/mol. The number of hydrogen-bond acceptors (Lipinski definition) is 3. The van der Waals surface area contributed by atoms with E-state index in [1.165, 1.54) is 7.11 Å². The number of Topliss-reactive ketones (excluding diaryl/α,β-unsaturated/α-hetero) is 1. The molecule has 7 heteroatoms. The zero-order valence-corrected chi connectivity index (χ0v) is 8.24.